The highest BCUT2D eigenvalue weighted by Crippen LogP contribution is 2.39. The fourth-order valence-electron chi connectivity index (χ4n) is 4.59. The molecule has 0 aromatic heterocycles. The highest BCUT2D eigenvalue weighted by molar-refractivity contribution is 6.08. The van der Waals surface area contributed by atoms with Gasteiger partial charge in [0, 0.05) is 19.5 Å². The number of carbonyl (C=O) groups excluding carboxylic acids is 3. The maximum Gasteiger partial charge on any atom is 0.239 e. The van der Waals surface area contributed by atoms with E-state index in [4.69, 9.17) is 0 Å². The number of carbonyl (C=O) groups is 3. The van der Waals surface area contributed by atoms with Crippen molar-refractivity contribution in [3.05, 3.63) is 34.6 Å². The zero-order chi connectivity index (χ0) is 18.3. The van der Waals surface area contributed by atoms with E-state index in [1.165, 1.54) is 12.5 Å². The van der Waals surface area contributed by atoms with E-state index in [1.54, 1.807) is 11.0 Å². The first-order valence-corrected chi connectivity index (χ1v) is 9.46. The molecule has 1 unspecified atom stereocenters. The van der Waals surface area contributed by atoms with E-state index < -0.39 is 11.8 Å². The molecule has 0 radical (unpaired) electrons. The third-order valence-corrected chi connectivity index (χ3v) is 5.95. The zero-order valence-corrected chi connectivity index (χ0v) is 14.7. The van der Waals surface area contributed by atoms with Gasteiger partial charge in [0.1, 0.15) is 11.7 Å². The van der Waals surface area contributed by atoms with Crippen molar-refractivity contribution in [2.24, 2.45) is 5.92 Å². The van der Waals surface area contributed by atoms with Crippen LogP contribution in [0.3, 0.4) is 0 Å². The number of imide groups is 1. The Morgan fingerprint density at radius 3 is 2.58 bits per heavy atom. The first-order valence-electron chi connectivity index (χ1n) is 9.46. The van der Waals surface area contributed by atoms with Gasteiger partial charge in [-0.1, -0.05) is 19.3 Å². The Morgan fingerprint density at radius 1 is 1.08 bits per heavy atom. The minimum absolute atomic E-state index is 0.185. The maximum atomic E-state index is 14.2. The van der Waals surface area contributed by atoms with Crippen LogP contribution in [0.2, 0.25) is 0 Å². The average Bonchev–Trinajstić information content (AvgIpc) is 3.05. The molecule has 1 N–H and O–H groups in total. The summed E-state index contributed by atoms with van der Waals surface area (Å²) < 4.78 is 14.2. The number of piperidine rings is 1. The largest absolute Gasteiger partial charge is 0.333 e. The van der Waals surface area contributed by atoms with Gasteiger partial charge in [-0.05, 0) is 54.0 Å². The molecule has 0 bridgehead atoms. The van der Waals surface area contributed by atoms with Gasteiger partial charge in [0.25, 0.3) is 0 Å². The van der Waals surface area contributed by atoms with Gasteiger partial charge in [0.05, 0.1) is 0 Å². The molecule has 6 heteroatoms. The summed E-state index contributed by atoms with van der Waals surface area (Å²) in [5, 5.41) is 2.24. The summed E-state index contributed by atoms with van der Waals surface area (Å²) in [5.74, 6) is -1.81. The molecule has 3 amide bonds. The molecule has 1 atom stereocenters. The van der Waals surface area contributed by atoms with Gasteiger partial charge >= 0.3 is 0 Å². The lowest BCUT2D eigenvalue weighted by Crippen LogP contribution is -2.47. The molecule has 138 valence electrons. The van der Waals surface area contributed by atoms with Crippen molar-refractivity contribution in [3.8, 4) is 0 Å². The van der Waals surface area contributed by atoms with Crippen molar-refractivity contribution in [1.29, 1.82) is 0 Å². The molecule has 2 heterocycles. The van der Waals surface area contributed by atoms with Crippen LogP contribution in [0.5, 0.6) is 0 Å². The summed E-state index contributed by atoms with van der Waals surface area (Å²) in [6, 6.07) is 3.15. The predicted octanol–water partition coefficient (Wildman–Crippen LogP) is 2.77. The van der Waals surface area contributed by atoms with Crippen LogP contribution in [-0.2, 0) is 27.5 Å². The lowest BCUT2D eigenvalue weighted by Gasteiger charge is -2.26. The molecule has 0 spiro atoms. The first kappa shape index (κ1) is 17.2. The molecule has 1 aliphatic carbocycles. The van der Waals surface area contributed by atoms with Crippen molar-refractivity contribution in [1.82, 2.24) is 10.2 Å². The number of benzene rings is 1. The van der Waals surface area contributed by atoms with E-state index in [9.17, 15) is 18.8 Å². The van der Waals surface area contributed by atoms with Crippen LogP contribution < -0.4 is 5.32 Å². The Bertz CT molecular complexity index is 771. The molecule has 3 aliphatic rings. The Balaban J connectivity index is 1.56. The normalized spacial score (nSPS) is 23.7. The number of nitrogens with one attached hydrogen (secondary N) is 1. The molecule has 26 heavy (non-hydrogen) atoms. The van der Waals surface area contributed by atoms with E-state index in [2.05, 4.69) is 5.32 Å². The van der Waals surface area contributed by atoms with Crippen molar-refractivity contribution in [2.75, 3.05) is 0 Å². The van der Waals surface area contributed by atoms with Gasteiger partial charge in [-0.25, -0.2) is 4.39 Å². The van der Waals surface area contributed by atoms with Crippen LogP contribution in [0, 0.1) is 11.7 Å². The van der Waals surface area contributed by atoms with Crippen LogP contribution in [0.1, 0.15) is 67.6 Å². The number of fused-ring (bicyclic) bond motifs is 1. The molecule has 1 aromatic rings. The minimum atomic E-state index is -0.815. The second kappa shape index (κ2) is 6.82. The smallest absolute Gasteiger partial charge is 0.239 e. The summed E-state index contributed by atoms with van der Waals surface area (Å²) in [5.41, 5.74) is 2.95. The van der Waals surface area contributed by atoms with Crippen LogP contribution in [0.15, 0.2) is 12.1 Å². The average molecular weight is 358 g/mol. The second-order valence-electron chi connectivity index (χ2n) is 7.67. The molecule has 4 rings (SSSR count). The molecule has 2 fully saturated rings. The van der Waals surface area contributed by atoms with Crippen LogP contribution in [0.25, 0.3) is 0 Å². The van der Waals surface area contributed by atoms with Gasteiger partial charge < -0.3 is 4.90 Å². The predicted molar refractivity (Wildman–Crippen MR) is 92.4 cm³/mol. The van der Waals surface area contributed by atoms with E-state index in [0.717, 1.165) is 42.4 Å². The fraction of sp³-hybridized carbons (Fsp3) is 0.550. The maximum absolute atomic E-state index is 14.2. The highest BCUT2D eigenvalue weighted by atomic mass is 19.1. The molecule has 5 nitrogen and oxygen atoms in total. The summed E-state index contributed by atoms with van der Waals surface area (Å²) >= 11 is 0. The summed E-state index contributed by atoms with van der Waals surface area (Å²) in [6.07, 6.45) is 6.12. The monoisotopic (exact) mass is 358 g/mol. The Morgan fingerprint density at radius 2 is 1.85 bits per heavy atom. The summed E-state index contributed by atoms with van der Waals surface area (Å²) in [7, 11) is 0. The first-order chi connectivity index (χ1) is 12.5. The third-order valence-electron chi connectivity index (χ3n) is 5.95. The van der Waals surface area contributed by atoms with Crippen LogP contribution >= 0.6 is 0 Å². The molecular weight excluding hydrogens is 335 g/mol. The van der Waals surface area contributed by atoms with Crippen molar-refractivity contribution >= 4 is 17.7 Å². The minimum Gasteiger partial charge on any atom is -0.333 e. The fourth-order valence-corrected chi connectivity index (χ4v) is 4.59. The lowest BCUT2D eigenvalue weighted by atomic mass is 9.81. The topological polar surface area (TPSA) is 66.5 Å². The van der Waals surface area contributed by atoms with Crippen LogP contribution in [-0.4, -0.2) is 22.6 Å². The highest BCUT2D eigenvalue weighted by Gasteiger charge is 2.38. The van der Waals surface area contributed by atoms with Gasteiger partial charge in [-0.3, -0.25) is 19.7 Å². The van der Waals surface area contributed by atoms with Gasteiger partial charge in [-0.2, -0.15) is 0 Å². The van der Waals surface area contributed by atoms with E-state index >= 15 is 0 Å². The van der Waals surface area contributed by atoms with Gasteiger partial charge in [-0.15, -0.1) is 0 Å². The number of amides is 3. The quantitative estimate of drug-likeness (QED) is 0.653. The molecule has 1 aromatic carbocycles. The van der Waals surface area contributed by atoms with Gasteiger partial charge in [0.2, 0.25) is 17.7 Å². The SMILES string of the molecule is O=C1CCC(C(=O)N2Cc3cc(F)cc(C4CCCCC4)c3C2)C(=O)N1. The number of halogens is 1. The van der Waals surface area contributed by atoms with Gasteiger partial charge in [0.15, 0.2) is 0 Å². The third kappa shape index (κ3) is 3.13. The van der Waals surface area contributed by atoms with Crippen molar-refractivity contribution in [3.63, 3.8) is 0 Å². The van der Waals surface area contributed by atoms with E-state index in [-0.39, 0.29) is 30.5 Å². The van der Waals surface area contributed by atoms with Crippen molar-refractivity contribution < 1.29 is 18.8 Å². The molecular formula is C20H23FN2O3. The van der Waals surface area contributed by atoms with E-state index in [0.29, 0.717) is 19.0 Å². The Kier molecular flexibility index (Phi) is 4.51. The zero-order valence-electron chi connectivity index (χ0n) is 14.7. The summed E-state index contributed by atoms with van der Waals surface area (Å²) in [6.45, 7) is 0.765. The number of rotatable bonds is 2. The number of hydrogen-bond donors (Lipinski definition) is 1. The van der Waals surface area contributed by atoms with Crippen LogP contribution in [0.4, 0.5) is 4.39 Å². The molecule has 1 saturated carbocycles. The summed E-state index contributed by atoms with van der Waals surface area (Å²) in [4.78, 5) is 37.8. The number of hydrogen-bond acceptors (Lipinski definition) is 3. The molecule has 2 aliphatic heterocycles. The van der Waals surface area contributed by atoms with E-state index in [1.807, 2.05) is 0 Å². The van der Waals surface area contributed by atoms with Crippen molar-refractivity contribution in [2.45, 2.75) is 64.0 Å². The Labute approximate surface area is 151 Å². The molecule has 1 saturated heterocycles. The second-order valence-corrected chi connectivity index (χ2v) is 7.67. The lowest BCUT2D eigenvalue weighted by molar-refractivity contribution is -0.146. The Hall–Kier alpha value is -2.24. The number of nitrogens with zero attached hydrogens (tertiary/aromatic N) is 1. The standard InChI is InChI=1S/C20H23FN2O3/c21-14-8-13-10-23(20(26)15-6-7-18(24)22-19(15)25)11-17(13)16(9-14)12-4-2-1-3-5-12/h8-9,12,15H,1-7,10-11H2,(H,22,24,25).